The molecule has 1 amide bonds. The van der Waals surface area contributed by atoms with Gasteiger partial charge >= 0.3 is 0 Å². The van der Waals surface area contributed by atoms with Crippen LogP contribution in [0, 0.1) is 13.8 Å². The van der Waals surface area contributed by atoms with Crippen LogP contribution in [0.2, 0.25) is 0 Å². The van der Waals surface area contributed by atoms with Crippen molar-refractivity contribution < 1.29 is 13.9 Å². The summed E-state index contributed by atoms with van der Waals surface area (Å²) in [5.74, 6) is 1.44. The molecule has 5 rings (SSSR count). The van der Waals surface area contributed by atoms with Crippen molar-refractivity contribution in [3.63, 3.8) is 0 Å². The summed E-state index contributed by atoms with van der Waals surface area (Å²) in [7, 11) is 0. The van der Waals surface area contributed by atoms with Gasteiger partial charge in [-0.05, 0) is 45.4 Å². The third kappa shape index (κ3) is 4.92. The Kier molecular flexibility index (Phi) is 6.89. The number of nitrogens with zero attached hydrogens (tertiary/aromatic N) is 4. The number of ether oxygens (including phenoxy) is 1. The molecular weight excluding hydrogens is 454 g/mol. The van der Waals surface area contributed by atoms with E-state index in [4.69, 9.17) is 14.1 Å². The molecule has 1 fully saturated rings. The fraction of sp³-hybridized carbons (Fsp3) is 0.393. The number of hydrogen-bond donors (Lipinski definition) is 1. The molecule has 3 aromatic heterocycles. The average Bonchev–Trinajstić information content (AvgIpc) is 3.46. The third-order valence-electron chi connectivity index (χ3n) is 6.67. The average molecular weight is 488 g/mol. The Bertz CT molecular complexity index is 1350. The molecule has 1 atom stereocenters. The Hall–Kier alpha value is -3.49. The second kappa shape index (κ2) is 10.2. The van der Waals surface area contributed by atoms with E-state index in [0.29, 0.717) is 36.7 Å². The number of pyridine rings is 1. The third-order valence-corrected chi connectivity index (χ3v) is 6.67. The molecule has 1 saturated heterocycles. The summed E-state index contributed by atoms with van der Waals surface area (Å²) >= 11 is 0. The summed E-state index contributed by atoms with van der Waals surface area (Å²) in [6.45, 7) is 11.8. The second-order valence-corrected chi connectivity index (χ2v) is 9.65. The van der Waals surface area contributed by atoms with Gasteiger partial charge in [-0.25, -0.2) is 9.67 Å². The van der Waals surface area contributed by atoms with Gasteiger partial charge in [-0.2, -0.15) is 5.10 Å². The molecule has 8 nitrogen and oxygen atoms in total. The summed E-state index contributed by atoms with van der Waals surface area (Å²) in [5, 5.41) is 8.61. The van der Waals surface area contributed by atoms with E-state index in [1.807, 2.05) is 48.9 Å². The van der Waals surface area contributed by atoms with E-state index in [9.17, 15) is 4.79 Å². The summed E-state index contributed by atoms with van der Waals surface area (Å²) in [6, 6.07) is 13.9. The fourth-order valence-corrected chi connectivity index (χ4v) is 4.80. The molecule has 0 radical (unpaired) electrons. The first-order valence-corrected chi connectivity index (χ1v) is 12.5. The van der Waals surface area contributed by atoms with Crippen LogP contribution in [0.4, 0.5) is 0 Å². The number of amides is 1. The zero-order chi connectivity index (χ0) is 25.2. The van der Waals surface area contributed by atoms with E-state index in [2.05, 4.69) is 41.3 Å². The zero-order valence-electron chi connectivity index (χ0n) is 21.3. The minimum absolute atomic E-state index is 0.103. The lowest BCUT2D eigenvalue weighted by Crippen LogP contribution is -2.43. The zero-order valence-corrected chi connectivity index (χ0v) is 21.3. The van der Waals surface area contributed by atoms with Crippen LogP contribution in [-0.4, -0.2) is 58.4 Å². The van der Waals surface area contributed by atoms with E-state index < -0.39 is 0 Å². The van der Waals surface area contributed by atoms with Crippen LogP contribution >= 0.6 is 0 Å². The maximum atomic E-state index is 13.9. The fourth-order valence-electron chi connectivity index (χ4n) is 4.80. The monoisotopic (exact) mass is 487 g/mol. The summed E-state index contributed by atoms with van der Waals surface area (Å²) in [6.07, 6.45) is 1.74. The van der Waals surface area contributed by atoms with E-state index in [-0.39, 0.29) is 18.0 Å². The quantitative estimate of drug-likeness (QED) is 0.407. The number of aryl methyl sites for hydroxylation is 2. The number of furan rings is 1. The number of carbonyl (C=O) groups excluding carboxylic acids is 1. The molecule has 4 heterocycles. The van der Waals surface area contributed by atoms with Crippen LogP contribution in [0.3, 0.4) is 0 Å². The van der Waals surface area contributed by atoms with Gasteiger partial charge in [-0.3, -0.25) is 9.69 Å². The van der Waals surface area contributed by atoms with Crippen LogP contribution in [0.15, 0.2) is 53.1 Å². The lowest BCUT2D eigenvalue weighted by molar-refractivity contribution is 0.0332. The molecule has 4 aromatic rings. The minimum atomic E-state index is -0.165. The van der Waals surface area contributed by atoms with Crippen molar-refractivity contribution in [1.29, 1.82) is 0 Å². The second-order valence-electron chi connectivity index (χ2n) is 9.65. The van der Waals surface area contributed by atoms with Gasteiger partial charge in [0.1, 0.15) is 11.5 Å². The number of nitrogens with one attached hydrogen (secondary N) is 1. The van der Waals surface area contributed by atoms with Crippen LogP contribution in [0.25, 0.3) is 22.3 Å². The molecule has 8 heteroatoms. The maximum Gasteiger partial charge on any atom is 0.252 e. The minimum Gasteiger partial charge on any atom is -0.466 e. The number of rotatable bonds is 7. The Balaban J connectivity index is 1.54. The normalized spacial score (nSPS) is 15.5. The van der Waals surface area contributed by atoms with Crippen LogP contribution in [0.1, 0.15) is 53.4 Å². The van der Waals surface area contributed by atoms with Gasteiger partial charge in [0.25, 0.3) is 5.91 Å². The summed E-state index contributed by atoms with van der Waals surface area (Å²) in [5.41, 5.74) is 3.90. The van der Waals surface area contributed by atoms with Crippen molar-refractivity contribution in [3.05, 3.63) is 71.3 Å². The highest BCUT2D eigenvalue weighted by Gasteiger charge is 2.24. The first-order valence-electron chi connectivity index (χ1n) is 12.5. The van der Waals surface area contributed by atoms with Gasteiger partial charge in [-0.1, -0.05) is 30.3 Å². The van der Waals surface area contributed by atoms with Crippen molar-refractivity contribution >= 4 is 16.9 Å². The molecule has 0 saturated carbocycles. The molecule has 1 N–H and O–H groups in total. The number of carbonyl (C=O) groups is 1. The topological polar surface area (TPSA) is 85.4 Å². The lowest BCUT2D eigenvalue weighted by atomic mass is 10.0. The molecule has 1 aromatic carbocycles. The number of aromatic nitrogens is 3. The summed E-state index contributed by atoms with van der Waals surface area (Å²) < 4.78 is 13.2. The van der Waals surface area contributed by atoms with Crippen molar-refractivity contribution in [2.75, 3.05) is 32.8 Å². The van der Waals surface area contributed by atoms with E-state index in [1.165, 1.54) is 0 Å². The largest absolute Gasteiger partial charge is 0.466 e. The number of fused-ring (bicyclic) bond motifs is 1. The Morgan fingerprint density at radius 2 is 1.86 bits per heavy atom. The standard InChI is InChI=1S/C28H33N5O3/c1-18(2)33-27-24(16-29-33)23(15-25(30-27)22-14-19(3)36-20(22)4)28(34)31-26(21-8-6-5-7-9-21)17-32-10-12-35-13-11-32/h5-9,14-16,18,26H,10-13,17H2,1-4H3,(H,31,34). The van der Waals surface area contributed by atoms with Gasteiger partial charge in [0.2, 0.25) is 0 Å². The molecule has 188 valence electrons. The van der Waals surface area contributed by atoms with E-state index in [1.54, 1.807) is 6.20 Å². The van der Waals surface area contributed by atoms with Crippen LogP contribution < -0.4 is 5.32 Å². The van der Waals surface area contributed by atoms with E-state index in [0.717, 1.165) is 41.1 Å². The van der Waals surface area contributed by atoms with Crippen LogP contribution in [-0.2, 0) is 4.74 Å². The molecule has 1 unspecified atom stereocenters. The van der Waals surface area contributed by atoms with Gasteiger partial charge in [0, 0.05) is 31.2 Å². The highest BCUT2D eigenvalue weighted by atomic mass is 16.5. The van der Waals surface area contributed by atoms with E-state index >= 15 is 0 Å². The van der Waals surface area contributed by atoms with Gasteiger partial charge in [-0.15, -0.1) is 0 Å². The molecule has 0 aliphatic carbocycles. The molecular formula is C28H33N5O3. The Morgan fingerprint density at radius 1 is 1.11 bits per heavy atom. The van der Waals surface area contributed by atoms with Gasteiger partial charge < -0.3 is 14.5 Å². The highest BCUT2D eigenvalue weighted by molar-refractivity contribution is 6.06. The summed E-state index contributed by atoms with van der Waals surface area (Å²) in [4.78, 5) is 21.1. The van der Waals surface area contributed by atoms with Crippen LogP contribution in [0.5, 0.6) is 0 Å². The Labute approximate surface area is 211 Å². The number of hydrogen-bond acceptors (Lipinski definition) is 6. The first kappa shape index (κ1) is 24.2. The highest BCUT2D eigenvalue weighted by Crippen LogP contribution is 2.30. The SMILES string of the molecule is Cc1cc(-c2cc(C(=O)NC(CN3CCOCC3)c3ccccc3)c3cnn(C(C)C)c3n2)c(C)o1. The molecule has 1 aliphatic heterocycles. The van der Waals surface area contributed by atoms with Crippen molar-refractivity contribution in [1.82, 2.24) is 25.0 Å². The molecule has 0 bridgehead atoms. The number of benzene rings is 1. The maximum absolute atomic E-state index is 13.9. The predicted octanol–water partition coefficient (Wildman–Crippen LogP) is 4.69. The smallest absolute Gasteiger partial charge is 0.252 e. The number of morpholine rings is 1. The van der Waals surface area contributed by atoms with Crippen molar-refractivity contribution in [2.24, 2.45) is 0 Å². The molecule has 1 aliphatic rings. The van der Waals surface area contributed by atoms with Crippen molar-refractivity contribution in [2.45, 2.75) is 39.8 Å². The van der Waals surface area contributed by atoms with Crippen molar-refractivity contribution in [3.8, 4) is 11.3 Å². The van der Waals surface area contributed by atoms with Gasteiger partial charge in [0.15, 0.2) is 5.65 Å². The Morgan fingerprint density at radius 3 is 2.53 bits per heavy atom. The van der Waals surface area contributed by atoms with Gasteiger partial charge in [0.05, 0.1) is 42.1 Å². The lowest BCUT2D eigenvalue weighted by Gasteiger charge is -2.31. The first-order chi connectivity index (χ1) is 17.4. The predicted molar refractivity (Wildman–Crippen MR) is 139 cm³/mol. The molecule has 36 heavy (non-hydrogen) atoms. The molecule has 0 spiro atoms.